The molecule has 1 aliphatic heterocycles. The lowest BCUT2D eigenvalue weighted by molar-refractivity contribution is 0.306. The van der Waals surface area contributed by atoms with E-state index in [9.17, 15) is 0 Å². The molecular formula is C18H28N2. The van der Waals surface area contributed by atoms with Gasteiger partial charge in [-0.15, -0.1) is 0 Å². The van der Waals surface area contributed by atoms with E-state index in [4.69, 9.17) is 0 Å². The van der Waals surface area contributed by atoms with Gasteiger partial charge in [0.1, 0.15) is 0 Å². The van der Waals surface area contributed by atoms with Gasteiger partial charge in [-0.1, -0.05) is 19.1 Å². The Kier molecular flexibility index (Phi) is 4.62. The number of benzene rings is 1. The van der Waals surface area contributed by atoms with Crippen LogP contribution in [0, 0.1) is 5.92 Å². The molecular weight excluding hydrogens is 244 g/mol. The Bertz CT molecular complexity index is 398. The van der Waals surface area contributed by atoms with Crippen molar-refractivity contribution in [3.63, 3.8) is 0 Å². The van der Waals surface area contributed by atoms with Crippen molar-refractivity contribution in [1.82, 2.24) is 5.32 Å². The van der Waals surface area contributed by atoms with Gasteiger partial charge in [0.05, 0.1) is 0 Å². The second-order valence-electron chi connectivity index (χ2n) is 6.70. The number of anilines is 1. The van der Waals surface area contributed by atoms with Crippen LogP contribution in [0.25, 0.3) is 0 Å². The fourth-order valence-electron chi connectivity index (χ4n) is 3.53. The molecule has 1 saturated heterocycles. The SMILES string of the molecule is CC1CCC(NCc2ccc(N3CCCC3)cc2)CC1. The summed E-state index contributed by atoms with van der Waals surface area (Å²) in [5.74, 6) is 0.938. The Hall–Kier alpha value is -1.02. The third-order valence-electron chi connectivity index (χ3n) is 5.02. The molecule has 2 fully saturated rings. The molecule has 1 heterocycles. The van der Waals surface area contributed by atoms with Gasteiger partial charge < -0.3 is 10.2 Å². The zero-order valence-electron chi connectivity index (χ0n) is 12.8. The van der Waals surface area contributed by atoms with Crippen LogP contribution in [-0.4, -0.2) is 19.1 Å². The average molecular weight is 272 g/mol. The van der Waals surface area contributed by atoms with Crippen LogP contribution >= 0.6 is 0 Å². The van der Waals surface area contributed by atoms with Crippen molar-refractivity contribution in [2.75, 3.05) is 18.0 Å². The predicted molar refractivity (Wildman–Crippen MR) is 86.1 cm³/mol. The minimum Gasteiger partial charge on any atom is -0.372 e. The molecule has 2 aliphatic rings. The van der Waals surface area contributed by atoms with Crippen LogP contribution in [-0.2, 0) is 6.54 Å². The second kappa shape index (κ2) is 6.62. The zero-order chi connectivity index (χ0) is 13.8. The van der Waals surface area contributed by atoms with Crippen molar-refractivity contribution in [3.05, 3.63) is 29.8 Å². The average Bonchev–Trinajstić information content (AvgIpc) is 3.01. The number of nitrogens with one attached hydrogen (secondary N) is 1. The zero-order valence-corrected chi connectivity index (χ0v) is 12.8. The van der Waals surface area contributed by atoms with Gasteiger partial charge in [0.2, 0.25) is 0 Å². The minimum absolute atomic E-state index is 0.740. The summed E-state index contributed by atoms with van der Waals surface area (Å²) in [7, 11) is 0. The van der Waals surface area contributed by atoms with E-state index in [1.807, 2.05) is 0 Å². The van der Waals surface area contributed by atoms with Crippen LogP contribution < -0.4 is 10.2 Å². The summed E-state index contributed by atoms with van der Waals surface area (Å²) < 4.78 is 0. The van der Waals surface area contributed by atoms with Crippen molar-refractivity contribution in [2.24, 2.45) is 5.92 Å². The van der Waals surface area contributed by atoms with Crippen LogP contribution in [0.5, 0.6) is 0 Å². The van der Waals surface area contributed by atoms with Gasteiger partial charge >= 0.3 is 0 Å². The number of rotatable bonds is 4. The molecule has 2 heteroatoms. The Balaban J connectivity index is 1.48. The van der Waals surface area contributed by atoms with Crippen molar-refractivity contribution < 1.29 is 0 Å². The summed E-state index contributed by atoms with van der Waals surface area (Å²) in [5.41, 5.74) is 2.82. The third-order valence-corrected chi connectivity index (χ3v) is 5.02. The van der Waals surface area contributed by atoms with Gasteiger partial charge in [0, 0.05) is 31.4 Å². The van der Waals surface area contributed by atoms with E-state index in [1.54, 1.807) is 0 Å². The molecule has 0 spiro atoms. The molecule has 3 rings (SSSR count). The fourth-order valence-corrected chi connectivity index (χ4v) is 3.53. The lowest BCUT2D eigenvalue weighted by Crippen LogP contribution is -2.32. The summed E-state index contributed by atoms with van der Waals surface area (Å²) in [6, 6.07) is 9.93. The topological polar surface area (TPSA) is 15.3 Å². The lowest BCUT2D eigenvalue weighted by atomic mass is 9.87. The van der Waals surface area contributed by atoms with Gasteiger partial charge in [-0.05, 0) is 62.1 Å². The fraction of sp³-hybridized carbons (Fsp3) is 0.667. The van der Waals surface area contributed by atoms with Crippen molar-refractivity contribution >= 4 is 5.69 Å². The largest absolute Gasteiger partial charge is 0.372 e. The molecule has 0 amide bonds. The molecule has 0 aromatic heterocycles. The van der Waals surface area contributed by atoms with E-state index in [-0.39, 0.29) is 0 Å². The first-order valence-electron chi connectivity index (χ1n) is 8.38. The summed E-state index contributed by atoms with van der Waals surface area (Å²) in [6.45, 7) is 5.88. The molecule has 0 unspecified atom stereocenters. The lowest BCUT2D eigenvalue weighted by Gasteiger charge is -2.27. The summed E-state index contributed by atoms with van der Waals surface area (Å²) in [4.78, 5) is 2.50. The van der Waals surface area contributed by atoms with E-state index in [0.717, 1.165) is 18.5 Å². The van der Waals surface area contributed by atoms with Gasteiger partial charge in [-0.2, -0.15) is 0 Å². The van der Waals surface area contributed by atoms with Crippen LogP contribution in [0.4, 0.5) is 5.69 Å². The molecule has 1 saturated carbocycles. The molecule has 1 N–H and O–H groups in total. The molecule has 0 bridgehead atoms. The van der Waals surface area contributed by atoms with Crippen LogP contribution in [0.1, 0.15) is 51.0 Å². The first-order chi connectivity index (χ1) is 9.81. The maximum absolute atomic E-state index is 3.73. The molecule has 1 aromatic rings. The van der Waals surface area contributed by atoms with Crippen molar-refractivity contribution in [1.29, 1.82) is 0 Å². The number of nitrogens with zero attached hydrogens (tertiary/aromatic N) is 1. The quantitative estimate of drug-likeness (QED) is 0.892. The Morgan fingerprint density at radius 1 is 1.00 bits per heavy atom. The summed E-state index contributed by atoms with van der Waals surface area (Å²) in [5, 5.41) is 3.73. The van der Waals surface area contributed by atoms with E-state index < -0.39 is 0 Å². The highest BCUT2D eigenvalue weighted by atomic mass is 15.1. The van der Waals surface area contributed by atoms with Crippen molar-refractivity contribution in [2.45, 2.75) is 58.0 Å². The van der Waals surface area contributed by atoms with Crippen LogP contribution in [0.3, 0.4) is 0 Å². The van der Waals surface area contributed by atoms with Crippen molar-refractivity contribution in [3.8, 4) is 0 Å². The second-order valence-corrected chi connectivity index (χ2v) is 6.70. The highest BCUT2D eigenvalue weighted by molar-refractivity contribution is 5.48. The number of hydrogen-bond acceptors (Lipinski definition) is 2. The molecule has 0 radical (unpaired) electrons. The third kappa shape index (κ3) is 3.54. The van der Waals surface area contributed by atoms with Gasteiger partial charge in [0.15, 0.2) is 0 Å². The summed E-state index contributed by atoms with van der Waals surface area (Å²) >= 11 is 0. The normalized spacial score (nSPS) is 26.9. The Labute approximate surface area is 123 Å². The minimum atomic E-state index is 0.740. The Morgan fingerprint density at radius 2 is 1.65 bits per heavy atom. The monoisotopic (exact) mass is 272 g/mol. The molecule has 20 heavy (non-hydrogen) atoms. The summed E-state index contributed by atoms with van der Waals surface area (Å²) in [6.07, 6.45) is 8.20. The Morgan fingerprint density at radius 3 is 2.30 bits per heavy atom. The predicted octanol–water partition coefficient (Wildman–Crippen LogP) is 3.96. The van der Waals surface area contributed by atoms with Crippen LogP contribution in [0.2, 0.25) is 0 Å². The number of hydrogen-bond donors (Lipinski definition) is 1. The van der Waals surface area contributed by atoms with E-state index in [2.05, 4.69) is 41.4 Å². The molecule has 0 atom stereocenters. The molecule has 2 nitrogen and oxygen atoms in total. The molecule has 1 aromatic carbocycles. The highest BCUT2D eigenvalue weighted by Gasteiger charge is 2.17. The molecule has 110 valence electrons. The van der Waals surface area contributed by atoms with Crippen LogP contribution in [0.15, 0.2) is 24.3 Å². The smallest absolute Gasteiger partial charge is 0.0366 e. The van der Waals surface area contributed by atoms with E-state index in [1.165, 1.54) is 62.9 Å². The first kappa shape index (κ1) is 13.9. The van der Waals surface area contributed by atoms with Gasteiger partial charge in [0.25, 0.3) is 0 Å². The maximum atomic E-state index is 3.73. The van der Waals surface area contributed by atoms with Gasteiger partial charge in [-0.3, -0.25) is 0 Å². The standard InChI is InChI=1S/C18H28N2/c1-15-4-8-17(9-5-15)19-14-16-6-10-18(11-7-16)20-12-2-3-13-20/h6-7,10-11,15,17,19H,2-5,8-9,12-14H2,1H3. The first-order valence-corrected chi connectivity index (χ1v) is 8.38. The maximum Gasteiger partial charge on any atom is 0.0366 e. The molecule has 1 aliphatic carbocycles. The highest BCUT2D eigenvalue weighted by Crippen LogP contribution is 2.24. The van der Waals surface area contributed by atoms with Gasteiger partial charge in [-0.25, -0.2) is 0 Å². The van der Waals surface area contributed by atoms with E-state index in [0.29, 0.717) is 0 Å². The van der Waals surface area contributed by atoms with E-state index >= 15 is 0 Å².